The van der Waals surface area contributed by atoms with Crippen molar-refractivity contribution >= 4 is 16.9 Å². The first-order chi connectivity index (χ1) is 14.7. The lowest BCUT2D eigenvalue weighted by Gasteiger charge is -2.32. The number of hydrogen-bond acceptors (Lipinski definition) is 5. The molecule has 0 bridgehead atoms. The second-order valence-corrected chi connectivity index (χ2v) is 9.10. The van der Waals surface area contributed by atoms with E-state index in [1.807, 2.05) is 42.5 Å². The molecule has 5 heterocycles. The van der Waals surface area contributed by atoms with Gasteiger partial charge in [0.05, 0.1) is 11.7 Å². The summed E-state index contributed by atoms with van der Waals surface area (Å²) < 4.78 is 2.41. The summed E-state index contributed by atoms with van der Waals surface area (Å²) >= 11 is 1.90. The lowest BCUT2D eigenvalue weighted by atomic mass is 9.95. The van der Waals surface area contributed by atoms with Gasteiger partial charge in [-0.1, -0.05) is 30.8 Å². The molecule has 3 aromatic heterocycles. The van der Waals surface area contributed by atoms with Crippen molar-refractivity contribution in [3.63, 3.8) is 0 Å². The smallest absolute Gasteiger partial charge is 0.160 e. The fourth-order valence-corrected chi connectivity index (χ4v) is 6.07. The Balaban J connectivity index is 1.57. The molecule has 30 heavy (non-hydrogen) atoms. The van der Waals surface area contributed by atoms with Crippen molar-refractivity contribution < 1.29 is 0 Å². The van der Waals surface area contributed by atoms with Gasteiger partial charge in [0.15, 0.2) is 5.17 Å². The van der Waals surface area contributed by atoms with E-state index in [0.717, 1.165) is 24.4 Å². The van der Waals surface area contributed by atoms with Crippen molar-refractivity contribution in [2.24, 2.45) is 4.99 Å². The van der Waals surface area contributed by atoms with Crippen LogP contribution < -0.4 is 0 Å². The third-order valence-electron chi connectivity index (χ3n) is 6.32. The quantitative estimate of drug-likeness (QED) is 0.591. The summed E-state index contributed by atoms with van der Waals surface area (Å²) in [6.45, 7) is 7.57. The van der Waals surface area contributed by atoms with E-state index >= 15 is 0 Å². The second-order valence-electron chi connectivity index (χ2n) is 8.11. The molecule has 0 unspecified atom stereocenters. The summed E-state index contributed by atoms with van der Waals surface area (Å²) in [5.41, 5.74) is 6.23. The molecule has 0 aliphatic carbocycles. The number of nitrogens with zero attached hydrogens (tertiary/aromatic N) is 5. The number of thioether (sulfide) groups is 1. The SMILES string of the molecule is CC[C@H]1CSC2=N[C@@H](c3ccccn3)[C@@H](c3cc(C)n(Cc4cccnc4)c3C)N21. The molecule has 2 aliphatic heterocycles. The van der Waals surface area contributed by atoms with E-state index in [9.17, 15) is 0 Å². The Hall–Kier alpha value is -2.60. The van der Waals surface area contributed by atoms with Gasteiger partial charge in [-0.25, -0.2) is 0 Å². The highest BCUT2D eigenvalue weighted by atomic mass is 32.2. The van der Waals surface area contributed by atoms with Gasteiger partial charge < -0.3 is 9.47 Å². The zero-order chi connectivity index (χ0) is 20.7. The number of aromatic nitrogens is 3. The fraction of sp³-hybridized carbons (Fsp3) is 0.375. The van der Waals surface area contributed by atoms with Gasteiger partial charge in [-0.3, -0.25) is 15.0 Å². The van der Waals surface area contributed by atoms with Crippen molar-refractivity contribution in [1.82, 2.24) is 19.4 Å². The maximum Gasteiger partial charge on any atom is 0.160 e. The van der Waals surface area contributed by atoms with Crippen molar-refractivity contribution in [3.05, 3.63) is 83.2 Å². The minimum atomic E-state index is 0.0374. The highest BCUT2D eigenvalue weighted by molar-refractivity contribution is 8.14. The van der Waals surface area contributed by atoms with Gasteiger partial charge in [-0.15, -0.1) is 0 Å². The first-order valence-electron chi connectivity index (χ1n) is 10.6. The Morgan fingerprint density at radius 2 is 2.03 bits per heavy atom. The van der Waals surface area contributed by atoms with Gasteiger partial charge in [0.2, 0.25) is 0 Å². The molecule has 154 valence electrons. The van der Waals surface area contributed by atoms with E-state index in [4.69, 9.17) is 4.99 Å². The number of fused-ring (bicyclic) bond motifs is 1. The highest BCUT2D eigenvalue weighted by Crippen LogP contribution is 2.49. The normalized spacial score (nSPS) is 23.0. The Morgan fingerprint density at radius 1 is 1.13 bits per heavy atom. The van der Waals surface area contributed by atoms with Crippen LogP contribution in [0, 0.1) is 13.8 Å². The largest absolute Gasteiger partial charge is 0.344 e. The molecule has 5 nitrogen and oxygen atoms in total. The molecule has 0 radical (unpaired) electrons. The summed E-state index contributed by atoms with van der Waals surface area (Å²) in [7, 11) is 0. The molecule has 0 N–H and O–H groups in total. The molecular weight excluding hydrogens is 390 g/mol. The van der Waals surface area contributed by atoms with Gasteiger partial charge in [0.1, 0.15) is 6.04 Å². The van der Waals surface area contributed by atoms with E-state index in [1.54, 1.807) is 0 Å². The van der Waals surface area contributed by atoms with Crippen LogP contribution in [-0.2, 0) is 6.54 Å². The fourth-order valence-electron chi connectivity index (χ4n) is 4.73. The van der Waals surface area contributed by atoms with E-state index in [-0.39, 0.29) is 12.1 Å². The number of aliphatic imine (C=N–C) groups is 1. The first-order valence-corrected chi connectivity index (χ1v) is 11.6. The molecule has 3 aromatic rings. The van der Waals surface area contributed by atoms with Gasteiger partial charge >= 0.3 is 0 Å². The zero-order valence-electron chi connectivity index (χ0n) is 17.7. The lowest BCUT2D eigenvalue weighted by Crippen LogP contribution is -2.35. The topological polar surface area (TPSA) is 46.3 Å². The van der Waals surface area contributed by atoms with Crippen LogP contribution in [-0.4, -0.2) is 36.4 Å². The highest BCUT2D eigenvalue weighted by Gasteiger charge is 2.46. The minimum absolute atomic E-state index is 0.0374. The molecule has 0 saturated carbocycles. The van der Waals surface area contributed by atoms with Crippen molar-refractivity contribution in [2.45, 2.75) is 51.9 Å². The van der Waals surface area contributed by atoms with Gasteiger partial charge in [0.25, 0.3) is 0 Å². The van der Waals surface area contributed by atoms with Crippen LogP contribution in [0.1, 0.15) is 53.6 Å². The van der Waals surface area contributed by atoms with Crippen LogP contribution >= 0.6 is 11.8 Å². The number of rotatable bonds is 5. The predicted molar refractivity (Wildman–Crippen MR) is 123 cm³/mol. The van der Waals surface area contributed by atoms with E-state index in [0.29, 0.717) is 6.04 Å². The molecular formula is C24H27N5S. The van der Waals surface area contributed by atoms with E-state index < -0.39 is 0 Å². The standard InChI is InChI=1S/C24H27N5S/c1-4-19-15-30-24-27-22(21-9-5-6-11-26-21)23(29(19)24)20-12-16(2)28(17(20)3)14-18-8-7-10-25-13-18/h5-13,19,22-23H,4,14-15H2,1-3H3/t19-,22-,23+/m0/s1. The first kappa shape index (κ1) is 19.4. The summed E-state index contributed by atoms with van der Waals surface area (Å²) in [5, 5.41) is 1.18. The Labute approximate surface area is 182 Å². The molecule has 5 rings (SSSR count). The number of hydrogen-bond donors (Lipinski definition) is 0. The van der Waals surface area contributed by atoms with Crippen LogP contribution in [0.2, 0.25) is 0 Å². The summed E-state index contributed by atoms with van der Waals surface area (Å²) in [6, 6.07) is 13.4. The molecule has 0 spiro atoms. The van der Waals surface area contributed by atoms with Crippen LogP contribution in [0.15, 0.2) is 60.0 Å². The third-order valence-corrected chi connectivity index (χ3v) is 7.45. The van der Waals surface area contributed by atoms with Gasteiger partial charge in [-0.2, -0.15) is 0 Å². The van der Waals surface area contributed by atoms with Crippen LogP contribution in [0.25, 0.3) is 0 Å². The predicted octanol–water partition coefficient (Wildman–Crippen LogP) is 4.92. The van der Waals surface area contributed by atoms with Gasteiger partial charge in [-0.05, 0) is 55.7 Å². The second kappa shape index (κ2) is 7.91. The van der Waals surface area contributed by atoms with Crippen molar-refractivity contribution in [2.75, 3.05) is 5.75 Å². The van der Waals surface area contributed by atoms with Crippen LogP contribution in [0.5, 0.6) is 0 Å². The minimum Gasteiger partial charge on any atom is -0.344 e. The Bertz CT molecular complexity index is 1060. The van der Waals surface area contributed by atoms with Crippen LogP contribution in [0.4, 0.5) is 0 Å². The summed E-state index contributed by atoms with van der Waals surface area (Å²) in [5.74, 6) is 1.12. The average Bonchev–Trinajstić information content (AvgIpc) is 3.43. The van der Waals surface area contributed by atoms with Crippen LogP contribution in [0.3, 0.4) is 0 Å². The zero-order valence-corrected chi connectivity index (χ0v) is 18.5. The molecule has 2 aliphatic rings. The van der Waals surface area contributed by atoms with Crippen molar-refractivity contribution in [1.29, 1.82) is 0 Å². The number of aryl methyl sites for hydroxylation is 1. The molecule has 0 amide bonds. The summed E-state index contributed by atoms with van der Waals surface area (Å²) in [4.78, 5) is 16.7. The maximum atomic E-state index is 5.16. The van der Waals surface area contributed by atoms with Crippen molar-refractivity contribution in [3.8, 4) is 0 Å². The van der Waals surface area contributed by atoms with E-state index in [2.05, 4.69) is 64.5 Å². The summed E-state index contributed by atoms with van der Waals surface area (Å²) in [6.07, 6.45) is 6.80. The molecule has 3 atom stereocenters. The molecule has 0 aromatic carbocycles. The third kappa shape index (κ3) is 3.23. The number of pyridine rings is 2. The maximum absolute atomic E-state index is 5.16. The molecule has 6 heteroatoms. The Kier molecular flexibility index (Phi) is 5.11. The number of amidine groups is 1. The average molecular weight is 418 g/mol. The molecule has 1 fully saturated rings. The van der Waals surface area contributed by atoms with E-state index in [1.165, 1.54) is 27.7 Å². The lowest BCUT2D eigenvalue weighted by molar-refractivity contribution is 0.254. The molecule has 1 saturated heterocycles. The Morgan fingerprint density at radius 3 is 2.77 bits per heavy atom. The van der Waals surface area contributed by atoms with Gasteiger partial charge in [0, 0.05) is 48.3 Å². The monoisotopic (exact) mass is 417 g/mol.